The second-order valence-electron chi connectivity index (χ2n) is 8.83. The Morgan fingerprint density at radius 1 is 1.30 bits per heavy atom. The number of hydrogen-bond acceptors (Lipinski definition) is 7. The zero-order valence-corrected chi connectivity index (χ0v) is 18.8. The number of aliphatic hydroxyl groups is 1. The molecule has 0 bridgehead atoms. The van der Waals surface area contributed by atoms with E-state index in [9.17, 15) is 5.11 Å². The van der Waals surface area contributed by atoms with Crippen LogP contribution in [0.15, 0.2) is 6.33 Å². The molecule has 0 saturated carbocycles. The van der Waals surface area contributed by atoms with Gasteiger partial charge in [0.1, 0.15) is 15.3 Å². The Labute approximate surface area is 180 Å². The van der Waals surface area contributed by atoms with Crippen molar-refractivity contribution in [2.75, 3.05) is 42.6 Å². The van der Waals surface area contributed by atoms with Crippen molar-refractivity contribution in [1.82, 2.24) is 9.97 Å². The van der Waals surface area contributed by atoms with Gasteiger partial charge in [-0.05, 0) is 39.2 Å². The van der Waals surface area contributed by atoms with Gasteiger partial charge in [0.2, 0.25) is 12.1 Å². The Balaban J connectivity index is 1.78. The first-order chi connectivity index (χ1) is 14.5. The molecule has 5 heterocycles. The van der Waals surface area contributed by atoms with Crippen LogP contribution in [0, 0.1) is 0 Å². The van der Waals surface area contributed by atoms with Gasteiger partial charge in [-0.3, -0.25) is 4.90 Å². The lowest BCUT2D eigenvalue weighted by Gasteiger charge is -2.34. The first-order valence-corrected chi connectivity index (χ1v) is 11.7. The fourth-order valence-electron chi connectivity index (χ4n) is 4.78. The van der Waals surface area contributed by atoms with Crippen LogP contribution >= 0.6 is 11.3 Å². The van der Waals surface area contributed by atoms with E-state index < -0.39 is 0 Å². The normalized spacial score (nSPS) is 18.3. The van der Waals surface area contributed by atoms with E-state index in [-0.39, 0.29) is 12.2 Å². The second-order valence-corrected chi connectivity index (χ2v) is 9.83. The molecule has 0 atom stereocenters. The third kappa shape index (κ3) is 3.21. The zero-order valence-electron chi connectivity index (χ0n) is 18.0. The molecule has 0 aliphatic carbocycles. The molecule has 30 heavy (non-hydrogen) atoms. The highest BCUT2D eigenvalue weighted by atomic mass is 32.1. The van der Waals surface area contributed by atoms with Gasteiger partial charge < -0.3 is 14.7 Å². The van der Waals surface area contributed by atoms with Gasteiger partial charge in [0, 0.05) is 25.1 Å². The van der Waals surface area contributed by atoms with Crippen molar-refractivity contribution >= 4 is 43.4 Å². The summed E-state index contributed by atoms with van der Waals surface area (Å²) in [6, 6.07) is 0. The van der Waals surface area contributed by atoms with Crippen LogP contribution in [-0.4, -0.2) is 53.5 Å². The van der Waals surface area contributed by atoms with Gasteiger partial charge >= 0.3 is 0 Å². The summed E-state index contributed by atoms with van der Waals surface area (Å²) in [4.78, 5) is 18.9. The molecule has 3 aromatic heterocycles. The SMILES string of the molecule is CCN(CCO)c1[nH+]cnc2c1sc1nc(N3CCCC3)c3c(c12)CC(C)(C)OC3. The molecule has 2 N–H and O–H groups in total. The van der Waals surface area contributed by atoms with E-state index in [1.54, 1.807) is 17.7 Å². The number of aliphatic hydroxyl groups excluding tert-OH is 1. The van der Waals surface area contributed by atoms with E-state index in [1.165, 1.54) is 29.4 Å². The Hall–Kier alpha value is -2.03. The number of H-pyrrole nitrogens is 1. The van der Waals surface area contributed by atoms with Crippen LogP contribution in [0.4, 0.5) is 11.6 Å². The number of likely N-dealkylation sites (N-methyl/N-ethyl adjacent to an activating group) is 1. The van der Waals surface area contributed by atoms with E-state index in [0.29, 0.717) is 13.2 Å². The van der Waals surface area contributed by atoms with Gasteiger partial charge in [0.25, 0.3) is 0 Å². The topological polar surface area (TPSA) is 75.9 Å². The number of aromatic amines is 1. The van der Waals surface area contributed by atoms with Crippen LogP contribution in [0.3, 0.4) is 0 Å². The molecule has 160 valence electrons. The van der Waals surface area contributed by atoms with E-state index in [0.717, 1.165) is 52.7 Å². The maximum atomic E-state index is 9.51. The fraction of sp³-hybridized carbons (Fsp3) is 0.591. The Morgan fingerprint density at radius 3 is 2.83 bits per heavy atom. The molecule has 2 aliphatic heterocycles. The Kier molecular flexibility index (Phi) is 5.03. The molecule has 5 rings (SSSR count). The summed E-state index contributed by atoms with van der Waals surface area (Å²) in [5.41, 5.74) is 3.39. The van der Waals surface area contributed by atoms with Crippen LogP contribution in [0.1, 0.15) is 44.7 Å². The lowest BCUT2D eigenvalue weighted by Crippen LogP contribution is -2.34. The van der Waals surface area contributed by atoms with Crippen molar-refractivity contribution in [2.24, 2.45) is 0 Å². The highest BCUT2D eigenvalue weighted by Crippen LogP contribution is 2.44. The minimum Gasteiger partial charge on any atom is -0.393 e. The van der Waals surface area contributed by atoms with E-state index >= 15 is 0 Å². The number of rotatable bonds is 5. The molecular weight excluding hydrogens is 398 g/mol. The highest BCUT2D eigenvalue weighted by Gasteiger charge is 2.34. The van der Waals surface area contributed by atoms with Gasteiger partial charge in [-0.1, -0.05) is 0 Å². The zero-order chi connectivity index (χ0) is 20.9. The summed E-state index contributed by atoms with van der Waals surface area (Å²) in [5, 5.41) is 10.7. The Morgan fingerprint density at radius 2 is 2.10 bits per heavy atom. The van der Waals surface area contributed by atoms with Gasteiger partial charge in [-0.2, -0.15) is 0 Å². The van der Waals surface area contributed by atoms with Crippen LogP contribution in [0.5, 0.6) is 0 Å². The lowest BCUT2D eigenvalue weighted by atomic mass is 9.90. The Bertz CT molecular complexity index is 1090. The first-order valence-electron chi connectivity index (χ1n) is 10.9. The maximum Gasteiger partial charge on any atom is 0.242 e. The average molecular weight is 429 g/mol. The molecule has 2 aliphatic rings. The monoisotopic (exact) mass is 428 g/mol. The quantitative estimate of drug-likeness (QED) is 0.673. The largest absolute Gasteiger partial charge is 0.393 e. The number of nitrogens with zero attached hydrogens (tertiary/aromatic N) is 4. The molecule has 0 amide bonds. The minimum atomic E-state index is -0.200. The molecule has 0 unspecified atom stereocenters. The number of nitrogens with one attached hydrogen (secondary N) is 1. The van der Waals surface area contributed by atoms with E-state index in [1.807, 2.05) is 0 Å². The average Bonchev–Trinajstić information content (AvgIpc) is 3.38. The predicted octanol–water partition coefficient (Wildman–Crippen LogP) is 2.93. The van der Waals surface area contributed by atoms with Crippen molar-refractivity contribution in [3.63, 3.8) is 0 Å². The molecular formula is C22H30N5O2S+. The van der Waals surface area contributed by atoms with Gasteiger partial charge in [-0.15, -0.1) is 16.3 Å². The summed E-state index contributed by atoms with van der Waals surface area (Å²) >= 11 is 1.71. The van der Waals surface area contributed by atoms with Crippen molar-refractivity contribution < 1.29 is 14.8 Å². The molecule has 3 aromatic rings. The molecule has 8 heteroatoms. The third-order valence-electron chi connectivity index (χ3n) is 6.30. The predicted molar refractivity (Wildman–Crippen MR) is 120 cm³/mol. The number of ether oxygens (including phenoxy) is 1. The van der Waals surface area contributed by atoms with Crippen molar-refractivity contribution in [2.45, 2.75) is 52.2 Å². The maximum absolute atomic E-state index is 9.51. The molecule has 0 radical (unpaired) electrons. The van der Waals surface area contributed by atoms with E-state index in [2.05, 4.69) is 35.6 Å². The second kappa shape index (κ2) is 7.59. The first kappa shape index (κ1) is 19.9. The summed E-state index contributed by atoms with van der Waals surface area (Å²) in [7, 11) is 0. The van der Waals surface area contributed by atoms with Crippen LogP contribution < -0.4 is 14.8 Å². The molecule has 0 aromatic carbocycles. The number of thiophene rings is 1. The van der Waals surface area contributed by atoms with Crippen LogP contribution in [-0.2, 0) is 17.8 Å². The summed E-state index contributed by atoms with van der Waals surface area (Å²) in [5.74, 6) is 2.12. The fourth-order valence-corrected chi connectivity index (χ4v) is 5.97. The smallest absolute Gasteiger partial charge is 0.242 e. The molecule has 1 fully saturated rings. The molecule has 1 saturated heterocycles. The number of aromatic nitrogens is 3. The summed E-state index contributed by atoms with van der Waals surface area (Å²) < 4.78 is 7.33. The molecule has 0 spiro atoms. The molecule has 7 nitrogen and oxygen atoms in total. The van der Waals surface area contributed by atoms with Gasteiger partial charge in [0.05, 0.1) is 37.3 Å². The summed E-state index contributed by atoms with van der Waals surface area (Å²) in [6.07, 6.45) is 5.08. The minimum absolute atomic E-state index is 0.120. The number of pyridine rings is 1. The standard InChI is InChI=1S/C22H29N5O2S/c1-4-26(9-10-28)20-18-17(23-13-24-20)16-14-11-22(2,3)29-12-15(14)19(25-21(16)30-18)27-7-5-6-8-27/h13,28H,4-12H2,1-3H3/p+1. The number of fused-ring (bicyclic) bond motifs is 5. The van der Waals surface area contributed by atoms with Crippen LogP contribution in [0.2, 0.25) is 0 Å². The number of hydrogen-bond donors (Lipinski definition) is 1. The van der Waals surface area contributed by atoms with Gasteiger partial charge in [0.15, 0.2) is 5.52 Å². The lowest BCUT2D eigenvalue weighted by molar-refractivity contribution is -0.366. The van der Waals surface area contributed by atoms with Crippen LogP contribution in [0.25, 0.3) is 20.4 Å². The summed E-state index contributed by atoms with van der Waals surface area (Å²) in [6.45, 7) is 10.7. The highest BCUT2D eigenvalue weighted by molar-refractivity contribution is 7.26. The van der Waals surface area contributed by atoms with Crippen molar-refractivity contribution in [3.05, 3.63) is 17.5 Å². The third-order valence-corrected chi connectivity index (χ3v) is 7.38. The van der Waals surface area contributed by atoms with Crippen molar-refractivity contribution in [3.8, 4) is 0 Å². The van der Waals surface area contributed by atoms with Gasteiger partial charge in [-0.25, -0.2) is 9.97 Å². The van der Waals surface area contributed by atoms with Crippen molar-refractivity contribution in [1.29, 1.82) is 0 Å². The van der Waals surface area contributed by atoms with E-state index in [4.69, 9.17) is 14.7 Å². The number of anilines is 2.